The van der Waals surface area contributed by atoms with Gasteiger partial charge in [0.15, 0.2) is 50.3 Å². The molecule has 0 aromatic rings. The predicted octanol–water partition coefficient (Wildman–Crippen LogP) is -17.3. The number of thioether (sulfide) groups is 1. The Hall–Kier alpha value is -1.29. The lowest BCUT2D eigenvalue weighted by molar-refractivity contribution is -0.403. The third-order valence-corrected chi connectivity index (χ3v) is 18.7. The molecular weight excluding hydrogens is 1300 g/mol. The molecule has 93 heavy (non-hydrogen) atoms. The van der Waals surface area contributed by atoms with Crippen molar-refractivity contribution in [3.8, 4) is 0 Å². The van der Waals surface area contributed by atoms with Crippen molar-refractivity contribution in [1.29, 1.82) is 0 Å². The summed E-state index contributed by atoms with van der Waals surface area (Å²) < 4.78 is 92.3. The number of aliphatic hydroxyl groups excluding tert-OH is 25. The van der Waals surface area contributed by atoms with Gasteiger partial charge in [0.2, 0.25) is 0 Å². The van der Waals surface area contributed by atoms with Gasteiger partial charge in [0, 0.05) is 11.5 Å². The van der Waals surface area contributed by atoms with Crippen LogP contribution in [-0.2, 0) is 75.8 Å². The van der Waals surface area contributed by atoms with Crippen LogP contribution in [0, 0.1) is 0 Å². The summed E-state index contributed by atoms with van der Waals surface area (Å²) in [5.74, 6) is -0.529. The Kier molecular flexibility index (Phi) is 26.9. The zero-order valence-electron chi connectivity index (χ0n) is 48.9. The summed E-state index contributed by atoms with van der Waals surface area (Å²) in [5.41, 5.74) is 0. The molecule has 0 spiro atoms. The van der Waals surface area contributed by atoms with Crippen molar-refractivity contribution in [3.05, 3.63) is 0 Å². The Balaban J connectivity index is 0.991. The minimum Gasteiger partial charge on any atom is -0.394 e. The molecular formula is C51H86O41S. The summed E-state index contributed by atoms with van der Waals surface area (Å²) in [7, 11) is 0. The first kappa shape index (κ1) is 75.9. The monoisotopic (exact) mass is 1390 g/mol. The summed E-state index contributed by atoms with van der Waals surface area (Å²) in [6.45, 7) is -8.31. The van der Waals surface area contributed by atoms with Crippen LogP contribution >= 0.6 is 11.8 Å². The van der Waals surface area contributed by atoms with E-state index in [0.29, 0.717) is 0 Å². The smallest absolute Gasteiger partial charge is 0.187 e. The number of ether oxygens (including phenoxy) is 16. The molecule has 0 aliphatic carbocycles. The van der Waals surface area contributed by atoms with E-state index in [2.05, 4.69) is 0 Å². The van der Waals surface area contributed by atoms with Crippen LogP contribution in [0.1, 0.15) is 0 Å². The second-order valence-electron chi connectivity index (χ2n) is 23.7. The predicted molar refractivity (Wildman–Crippen MR) is 284 cm³/mol. The molecule has 0 aromatic heterocycles. The van der Waals surface area contributed by atoms with E-state index in [1.54, 1.807) is 0 Å². The summed E-state index contributed by atoms with van der Waals surface area (Å²) in [4.78, 5) is 0. The highest BCUT2D eigenvalue weighted by Crippen LogP contribution is 2.40. The molecule has 0 saturated carbocycles. The average Bonchev–Trinajstić information content (AvgIpc) is 0.789. The fourth-order valence-corrected chi connectivity index (χ4v) is 13.3. The van der Waals surface area contributed by atoms with Gasteiger partial charge in [-0.1, -0.05) is 0 Å². The summed E-state index contributed by atoms with van der Waals surface area (Å²) in [6.07, 6.45) is -83.2. The Labute approximate surface area is 530 Å². The second kappa shape index (κ2) is 33.0. The summed E-state index contributed by atoms with van der Waals surface area (Å²) >= 11 is 0.874. The summed E-state index contributed by atoms with van der Waals surface area (Å²) in [5, 5.41) is 276. The molecule has 41 nitrogen and oxygen atoms in total. The highest BCUT2D eigenvalue weighted by atomic mass is 32.2. The standard InChI is InChI=1S/C51H86O41S/c52-1-11(60)9-93-10-19-43-27(68)35(76)51(84-19)91-42-18(8-59)82-49(33(74)25(42)66)89-40-16(6-57)80-47(31(72)23(40)64)87-38-14(4-55)78-45(29(70)21(38)62)85-36-12(2-53)77-44(28(69)20(36)61)86-37-13(3-54)79-46(30(71)22(37)63)88-39-15(5-56)81-48(32(73)24(39)65)90-41-17(7-58)83-50(92-43)34(75)26(41)67/h11-76H,1-10H2/t11?,12-,13-,14-,15-,16-,17-,18-,19-,20-,21-,22-,23-,24-,25-,26-,27-,28-,29-,30-,31-,32-,33-,34-,35-,36-,37-,38-,39-,40-,41-,42-,43-,44-,45-,46-,47-,48-,49-,50-,51-/m1/s1. The molecule has 30 fully saturated rings. The average molecular weight is 1390 g/mol. The first-order valence-corrected chi connectivity index (χ1v) is 30.9. The van der Waals surface area contributed by atoms with Crippen LogP contribution in [0.3, 0.4) is 0 Å². The molecule has 30 heterocycles. The molecule has 1 unspecified atom stereocenters. The van der Waals surface area contributed by atoms with Crippen LogP contribution in [0.5, 0.6) is 0 Å². The van der Waals surface area contributed by atoms with E-state index in [-0.39, 0.29) is 11.5 Å². The zero-order valence-corrected chi connectivity index (χ0v) is 49.7. The van der Waals surface area contributed by atoms with E-state index < -0.39 is 305 Å². The lowest BCUT2D eigenvalue weighted by Crippen LogP contribution is -2.69. The molecule has 41 atom stereocenters. The van der Waals surface area contributed by atoms with Crippen LogP contribution in [-0.4, -0.2) is 444 Å². The molecule has 30 aliphatic rings. The summed E-state index contributed by atoms with van der Waals surface area (Å²) in [6, 6.07) is 0. The highest BCUT2D eigenvalue weighted by Gasteiger charge is 2.60. The lowest BCUT2D eigenvalue weighted by atomic mass is 9.95. The van der Waals surface area contributed by atoms with E-state index in [0.717, 1.165) is 11.8 Å². The molecule has 542 valence electrons. The maximum absolute atomic E-state index is 11.7. The topological polar surface area (TPSA) is 653 Å². The molecule has 0 amide bonds. The van der Waals surface area contributed by atoms with Gasteiger partial charge in [-0.15, -0.1) is 0 Å². The number of aliphatic hydroxyl groups is 25. The molecule has 30 rings (SSSR count). The molecule has 30 saturated heterocycles. The fourth-order valence-electron chi connectivity index (χ4n) is 12.3. The van der Waals surface area contributed by atoms with Crippen molar-refractivity contribution in [2.75, 3.05) is 64.4 Å². The van der Waals surface area contributed by atoms with E-state index in [4.69, 9.17) is 75.8 Å². The van der Waals surface area contributed by atoms with Crippen molar-refractivity contribution < 1.29 is 203 Å². The van der Waals surface area contributed by atoms with Gasteiger partial charge in [-0.3, -0.25) is 0 Å². The van der Waals surface area contributed by atoms with Gasteiger partial charge < -0.3 is 203 Å². The van der Waals surface area contributed by atoms with Crippen LogP contribution < -0.4 is 0 Å². The first-order valence-electron chi connectivity index (χ1n) is 29.8. The van der Waals surface area contributed by atoms with Gasteiger partial charge in [0.05, 0.1) is 65.1 Å². The van der Waals surface area contributed by atoms with Gasteiger partial charge in [-0.2, -0.15) is 11.8 Å². The Bertz CT molecular complexity index is 2250. The van der Waals surface area contributed by atoms with Gasteiger partial charge in [-0.25, -0.2) is 0 Å². The maximum Gasteiger partial charge on any atom is 0.187 e. The van der Waals surface area contributed by atoms with Crippen LogP contribution in [0.4, 0.5) is 0 Å². The molecule has 42 heteroatoms. The van der Waals surface area contributed by atoms with Crippen molar-refractivity contribution in [3.63, 3.8) is 0 Å². The first-order chi connectivity index (χ1) is 44.3. The molecule has 0 radical (unpaired) electrons. The maximum atomic E-state index is 11.7. The Morgan fingerprint density at radius 3 is 0.516 bits per heavy atom. The van der Waals surface area contributed by atoms with Crippen molar-refractivity contribution in [2.24, 2.45) is 0 Å². The van der Waals surface area contributed by atoms with Gasteiger partial charge in [-0.05, 0) is 0 Å². The van der Waals surface area contributed by atoms with Crippen LogP contribution in [0.2, 0.25) is 0 Å². The number of hydrogen-bond donors (Lipinski definition) is 25. The van der Waals surface area contributed by atoms with E-state index in [1.807, 2.05) is 0 Å². The second-order valence-corrected chi connectivity index (χ2v) is 24.7. The van der Waals surface area contributed by atoms with Crippen LogP contribution in [0.25, 0.3) is 0 Å². The van der Waals surface area contributed by atoms with Crippen LogP contribution in [0.15, 0.2) is 0 Å². The van der Waals surface area contributed by atoms with E-state index >= 15 is 0 Å². The van der Waals surface area contributed by atoms with Gasteiger partial charge in [0.1, 0.15) is 189 Å². The fraction of sp³-hybridized carbons (Fsp3) is 1.00. The van der Waals surface area contributed by atoms with E-state index in [1.165, 1.54) is 0 Å². The SMILES string of the molecule is OCC(O)CSC[C@H]1O[C@@H]2O[C@H]3[C@H](O)[C@@H](O)[C@@H](O[C@H]4[C@H](O)[C@@H](O)[C@@H](O[C@H]5[C@H](O)[C@@H](O)[C@@H](O[C@H]6[C@H](O)[C@@H](O)[C@@H](O[C@H]7[C@H](O)[C@@H](O)[C@@H](O[C@H]8[C@H](O)[C@@H](O)[C@@H](O[C@H]9[C@H](O)[C@@H](O)[C@@H](O[C@H]1[C@H](O)[C@H]2O)O[C@@H]9CO)O[C@@H]8CO)O[C@@H]7CO)O[C@@H]6CO)O[C@@H]5CO)O[C@@H]4CO)O[C@@H]3CO. The van der Waals surface area contributed by atoms with Crippen molar-refractivity contribution >= 4 is 11.8 Å². The van der Waals surface area contributed by atoms with E-state index in [9.17, 15) is 128 Å². The largest absolute Gasteiger partial charge is 0.394 e. The molecule has 0 aromatic carbocycles. The molecule has 25 N–H and O–H groups in total. The highest BCUT2D eigenvalue weighted by molar-refractivity contribution is 7.99. The molecule has 16 bridgehead atoms. The zero-order chi connectivity index (χ0) is 67.8. The quantitative estimate of drug-likeness (QED) is 0.0863. The van der Waals surface area contributed by atoms with Crippen molar-refractivity contribution in [2.45, 2.75) is 252 Å². The van der Waals surface area contributed by atoms with Crippen molar-refractivity contribution in [1.82, 2.24) is 0 Å². The Morgan fingerprint density at radius 2 is 0.366 bits per heavy atom. The normalized spacial score (nSPS) is 53.4. The molecule has 30 aliphatic heterocycles. The number of hydrogen-bond acceptors (Lipinski definition) is 42. The minimum atomic E-state index is -2.26. The lowest BCUT2D eigenvalue weighted by Gasteiger charge is -2.50. The third-order valence-electron chi connectivity index (χ3n) is 17.5. The third kappa shape index (κ3) is 15.8. The number of rotatable bonds is 12. The van der Waals surface area contributed by atoms with Gasteiger partial charge in [0.25, 0.3) is 0 Å². The minimum absolute atomic E-state index is 0.196. The Morgan fingerprint density at radius 1 is 0.215 bits per heavy atom. The van der Waals surface area contributed by atoms with Gasteiger partial charge >= 0.3 is 0 Å².